The van der Waals surface area contributed by atoms with E-state index in [0.29, 0.717) is 42.5 Å². The molecule has 148 valence electrons. The number of carbonyl (C=O) groups excluding carboxylic acids is 1. The second-order valence-electron chi connectivity index (χ2n) is 7.24. The number of fused-ring (bicyclic) bond motifs is 1. The summed E-state index contributed by atoms with van der Waals surface area (Å²) in [6.07, 6.45) is 1.26. The first-order valence-electron chi connectivity index (χ1n) is 9.19. The molecule has 0 bridgehead atoms. The van der Waals surface area contributed by atoms with Crippen LogP contribution in [0.5, 0.6) is 0 Å². The molecule has 0 saturated carbocycles. The minimum absolute atomic E-state index is 0.0625. The molecule has 1 aromatic carbocycles. The highest BCUT2D eigenvalue weighted by atomic mass is 32.2. The van der Waals surface area contributed by atoms with Gasteiger partial charge in [0.25, 0.3) is 10.0 Å². The van der Waals surface area contributed by atoms with Gasteiger partial charge in [0.2, 0.25) is 11.0 Å². The average molecular weight is 420 g/mol. The van der Waals surface area contributed by atoms with Crippen LogP contribution in [0.2, 0.25) is 0 Å². The quantitative estimate of drug-likeness (QED) is 0.819. The van der Waals surface area contributed by atoms with Crippen LogP contribution in [-0.4, -0.2) is 48.3 Å². The first kappa shape index (κ1) is 19.0. The fraction of sp³-hybridized carbons (Fsp3) is 0.444. The number of sulfonamides is 1. The van der Waals surface area contributed by atoms with Crippen molar-refractivity contribution in [3.05, 3.63) is 34.8 Å². The van der Waals surface area contributed by atoms with E-state index in [1.165, 1.54) is 11.3 Å². The standard InChI is InChI=1S/C18H21N5O3S2/c1-11(2)17-20-21-18(27-17)19-16(24)12-7-9-23(10-8-12)15-13-5-3-4-6-14(13)28(25,26)22-15/h3-6,11-12H,7-10H2,1-2H3,(H,19,21,24). The van der Waals surface area contributed by atoms with Gasteiger partial charge in [-0.3, -0.25) is 4.79 Å². The van der Waals surface area contributed by atoms with E-state index >= 15 is 0 Å². The van der Waals surface area contributed by atoms with E-state index in [9.17, 15) is 13.2 Å². The lowest BCUT2D eigenvalue weighted by atomic mass is 9.95. The van der Waals surface area contributed by atoms with E-state index in [0.717, 1.165) is 5.01 Å². The van der Waals surface area contributed by atoms with Gasteiger partial charge in [0.1, 0.15) is 9.90 Å². The van der Waals surface area contributed by atoms with Crippen molar-refractivity contribution in [2.75, 3.05) is 18.4 Å². The second-order valence-corrected chi connectivity index (χ2v) is 9.82. The molecular weight excluding hydrogens is 398 g/mol. The Bertz CT molecular complexity index is 1040. The maximum Gasteiger partial charge on any atom is 0.285 e. The molecule has 1 amide bonds. The summed E-state index contributed by atoms with van der Waals surface area (Å²) in [5, 5.41) is 12.4. The Morgan fingerprint density at radius 3 is 2.61 bits per heavy atom. The van der Waals surface area contributed by atoms with Crippen LogP contribution in [0, 0.1) is 5.92 Å². The molecule has 28 heavy (non-hydrogen) atoms. The van der Waals surface area contributed by atoms with Gasteiger partial charge >= 0.3 is 0 Å². The minimum atomic E-state index is -3.63. The predicted molar refractivity (Wildman–Crippen MR) is 107 cm³/mol. The average Bonchev–Trinajstić information content (AvgIpc) is 3.25. The topological polar surface area (TPSA) is 105 Å². The van der Waals surface area contributed by atoms with Crippen molar-refractivity contribution in [3.63, 3.8) is 0 Å². The fourth-order valence-electron chi connectivity index (χ4n) is 3.40. The molecule has 0 aliphatic carbocycles. The summed E-state index contributed by atoms with van der Waals surface area (Å²) < 4.78 is 28.4. The fourth-order valence-corrected chi connectivity index (χ4v) is 5.37. The molecule has 2 aliphatic rings. The summed E-state index contributed by atoms with van der Waals surface area (Å²) in [7, 11) is -3.63. The maximum atomic E-state index is 12.6. The van der Waals surface area contributed by atoms with Crippen molar-refractivity contribution < 1.29 is 13.2 Å². The molecule has 10 heteroatoms. The number of anilines is 1. The van der Waals surface area contributed by atoms with E-state index in [1.54, 1.807) is 18.2 Å². The second kappa shape index (κ2) is 7.25. The van der Waals surface area contributed by atoms with Gasteiger partial charge in [0, 0.05) is 30.5 Å². The largest absolute Gasteiger partial charge is 0.355 e. The molecule has 1 saturated heterocycles. The van der Waals surface area contributed by atoms with Crippen molar-refractivity contribution in [3.8, 4) is 0 Å². The highest BCUT2D eigenvalue weighted by molar-refractivity contribution is 7.90. The van der Waals surface area contributed by atoms with Crippen LogP contribution in [0.25, 0.3) is 0 Å². The highest BCUT2D eigenvalue weighted by Crippen LogP contribution is 2.30. The first-order valence-corrected chi connectivity index (χ1v) is 11.4. The lowest BCUT2D eigenvalue weighted by Crippen LogP contribution is -2.41. The lowest BCUT2D eigenvalue weighted by molar-refractivity contribution is -0.120. The molecule has 0 unspecified atom stereocenters. The van der Waals surface area contributed by atoms with Crippen LogP contribution in [0.3, 0.4) is 0 Å². The zero-order valence-corrected chi connectivity index (χ0v) is 17.3. The summed E-state index contributed by atoms with van der Waals surface area (Å²) in [5.74, 6) is 0.557. The van der Waals surface area contributed by atoms with E-state index in [4.69, 9.17) is 0 Å². The molecular formula is C18H21N5O3S2. The molecule has 3 heterocycles. The van der Waals surface area contributed by atoms with Crippen molar-refractivity contribution in [1.82, 2.24) is 15.1 Å². The molecule has 0 spiro atoms. The van der Waals surface area contributed by atoms with Crippen LogP contribution in [0.4, 0.5) is 5.13 Å². The maximum absolute atomic E-state index is 12.6. The number of nitrogens with one attached hydrogen (secondary N) is 1. The molecule has 1 fully saturated rings. The van der Waals surface area contributed by atoms with E-state index in [2.05, 4.69) is 19.9 Å². The summed E-state index contributed by atoms with van der Waals surface area (Å²) >= 11 is 1.40. The summed E-state index contributed by atoms with van der Waals surface area (Å²) in [6, 6.07) is 6.86. The summed E-state index contributed by atoms with van der Waals surface area (Å²) in [4.78, 5) is 14.8. The van der Waals surface area contributed by atoms with Gasteiger partial charge in [-0.2, -0.15) is 8.42 Å². The highest BCUT2D eigenvalue weighted by Gasteiger charge is 2.34. The van der Waals surface area contributed by atoms with Crippen LogP contribution < -0.4 is 5.32 Å². The van der Waals surface area contributed by atoms with Gasteiger partial charge < -0.3 is 10.2 Å². The monoisotopic (exact) mass is 419 g/mol. The third-order valence-corrected chi connectivity index (χ3v) is 7.41. The normalized spacial score (nSPS) is 18.8. The number of benzene rings is 1. The Morgan fingerprint density at radius 1 is 1.21 bits per heavy atom. The molecule has 1 N–H and O–H groups in total. The van der Waals surface area contributed by atoms with Gasteiger partial charge in [0.05, 0.1) is 0 Å². The zero-order valence-electron chi connectivity index (χ0n) is 15.6. The third-order valence-electron chi connectivity index (χ3n) is 4.94. The SMILES string of the molecule is CC(C)c1nnc(NC(=O)C2CCN(C3=NS(=O)(=O)c4ccccc43)CC2)s1. The van der Waals surface area contributed by atoms with E-state index < -0.39 is 10.0 Å². The van der Waals surface area contributed by atoms with Crippen LogP contribution in [-0.2, 0) is 14.8 Å². The van der Waals surface area contributed by atoms with Crippen molar-refractivity contribution in [2.45, 2.75) is 37.5 Å². The lowest BCUT2D eigenvalue weighted by Gasteiger charge is -2.32. The molecule has 1 aromatic heterocycles. The number of likely N-dealkylation sites (tertiary alicyclic amines) is 1. The number of amidine groups is 1. The molecule has 0 radical (unpaired) electrons. The third kappa shape index (κ3) is 3.53. The number of amides is 1. The van der Waals surface area contributed by atoms with Gasteiger partial charge in [-0.05, 0) is 25.0 Å². The molecule has 2 aliphatic heterocycles. The van der Waals surface area contributed by atoms with E-state index in [-0.39, 0.29) is 22.6 Å². The predicted octanol–water partition coefficient (Wildman–Crippen LogP) is 2.46. The smallest absolute Gasteiger partial charge is 0.285 e. The molecule has 4 rings (SSSR count). The number of rotatable bonds is 3. The zero-order chi connectivity index (χ0) is 19.9. The van der Waals surface area contributed by atoms with Gasteiger partial charge in [-0.15, -0.1) is 14.6 Å². The first-order chi connectivity index (χ1) is 13.3. The van der Waals surface area contributed by atoms with E-state index in [1.807, 2.05) is 24.8 Å². The molecule has 2 aromatic rings. The number of hydrogen-bond acceptors (Lipinski definition) is 7. The van der Waals surface area contributed by atoms with Crippen molar-refractivity contribution in [2.24, 2.45) is 10.3 Å². The Hall–Kier alpha value is -2.33. The minimum Gasteiger partial charge on any atom is -0.355 e. The number of piperidine rings is 1. The Labute approximate surface area is 167 Å². The van der Waals surface area contributed by atoms with Crippen molar-refractivity contribution in [1.29, 1.82) is 0 Å². The van der Waals surface area contributed by atoms with Crippen molar-refractivity contribution >= 4 is 38.2 Å². The number of hydrogen-bond donors (Lipinski definition) is 1. The van der Waals surface area contributed by atoms with Gasteiger partial charge in [-0.1, -0.05) is 37.3 Å². The Morgan fingerprint density at radius 2 is 1.93 bits per heavy atom. The van der Waals surface area contributed by atoms with Crippen LogP contribution >= 0.6 is 11.3 Å². The molecule has 8 nitrogen and oxygen atoms in total. The van der Waals surface area contributed by atoms with Crippen LogP contribution in [0.1, 0.15) is 43.2 Å². The number of carbonyl (C=O) groups is 1. The number of nitrogens with zero attached hydrogens (tertiary/aromatic N) is 4. The summed E-state index contributed by atoms with van der Waals surface area (Å²) in [5.41, 5.74) is 0.639. The Kier molecular flexibility index (Phi) is 4.92. The summed E-state index contributed by atoms with van der Waals surface area (Å²) in [6.45, 7) is 5.22. The Balaban J connectivity index is 1.40. The van der Waals surface area contributed by atoms with Gasteiger partial charge in [0.15, 0.2) is 5.84 Å². The number of aromatic nitrogens is 2. The molecule has 0 atom stereocenters. The van der Waals surface area contributed by atoms with Crippen LogP contribution in [0.15, 0.2) is 33.6 Å². The van der Waals surface area contributed by atoms with Gasteiger partial charge in [-0.25, -0.2) is 0 Å².